The summed E-state index contributed by atoms with van der Waals surface area (Å²) in [7, 11) is 0. The van der Waals surface area contributed by atoms with Crippen LogP contribution in [0.25, 0.3) is 0 Å². The fraction of sp³-hybridized carbons (Fsp3) is 0.130. The third-order valence-corrected chi connectivity index (χ3v) is 6.54. The lowest BCUT2D eigenvalue weighted by Crippen LogP contribution is -2.27. The Hall–Kier alpha value is -2.47. The summed E-state index contributed by atoms with van der Waals surface area (Å²) in [5.74, 6) is 0.216. The van der Waals surface area contributed by atoms with Gasteiger partial charge in [0.05, 0.1) is 16.3 Å². The van der Waals surface area contributed by atoms with E-state index in [-0.39, 0.29) is 17.2 Å². The molecule has 30 heavy (non-hydrogen) atoms. The number of halogens is 2. The predicted molar refractivity (Wildman–Crippen MR) is 125 cm³/mol. The molecule has 1 fully saturated rings. The maximum Gasteiger partial charge on any atom is 0.257 e. The SMILES string of the molecule is Cc1cccc(N2C(=O)CSC2c2ccc(NC(=O)c3ccc(Cl)cc3Cl)cc2)c1. The minimum absolute atomic E-state index is 0.0883. The second-order valence-electron chi connectivity index (χ2n) is 6.97. The number of rotatable bonds is 4. The third-order valence-electron chi connectivity index (χ3n) is 4.78. The molecule has 0 aliphatic carbocycles. The van der Waals surface area contributed by atoms with E-state index in [1.165, 1.54) is 6.07 Å². The molecule has 1 unspecified atom stereocenters. The molecule has 0 aromatic heterocycles. The summed E-state index contributed by atoms with van der Waals surface area (Å²) in [6, 6.07) is 20.2. The summed E-state index contributed by atoms with van der Waals surface area (Å²) in [5, 5.41) is 3.51. The summed E-state index contributed by atoms with van der Waals surface area (Å²) < 4.78 is 0. The molecule has 0 bridgehead atoms. The minimum Gasteiger partial charge on any atom is -0.322 e. The molecule has 1 atom stereocenters. The van der Waals surface area contributed by atoms with Gasteiger partial charge in [-0.1, -0.05) is 47.5 Å². The fourth-order valence-corrected chi connectivity index (χ4v) is 5.00. The van der Waals surface area contributed by atoms with Gasteiger partial charge in [-0.3, -0.25) is 14.5 Å². The second-order valence-corrected chi connectivity index (χ2v) is 8.88. The lowest BCUT2D eigenvalue weighted by molar-refractivity contribution is -0.115. The third kappa shape index (κ3) is 4.33. The van der Waals surface area contributed by atoms with E-state index in [4.69, 9.17) is 23.2 Å². The lowest BCUT2D eigenvalue weighted by Gasteiger charge is -2.25. The van der Waals surface area contributed by atoms with Crippen molar-refractivity contribution in [3.63, 3.8) is 0 Å². The Bertz CT molecular complexity index is 1120. The molecule has 1 aliphatic rings. The zero-order chi connectivity index (χ0) is 21.3. The molecular weight excluding hydrogens is 439 g/mol. The average Bonchev–Trinajstić information content (AvgIpc) is 3.10. The molecule has 0 radical (unpaired) electrons. The van der Waals surface area contributed by atoms with Crippen molar-refractivity contribution < 1.29 is 9.59 Å². The van der Waals surface area contributed by atoms with Gasteiger partial charge in [-0.2, -0.15) is 0 Å². The first-order valence-electron chi connectivity index (χ1n) is 9.29. The molecule has 1 N–H and O–H groups in total. The van der Waals surface area contributed by atoms with Crippen molar-refractivity contribution in [2.45, 2.75) is 12.3 Å². The number of nitrogens with one attached hydrogen (secondary N) is 1. The first-order valence-corrected chi connectivity index (χ1v) is 11.1. The van der Waals surface area contributed by atoms with E-state index in [2.05, 4.69) is 5.32 Å². The monoisotopic (exact) mass is 456 g/mol. The Labute approximate surface area is 189 Å². The molecule has 0 saturated carbocycles. The number of thioether (sulfide) groups is 1. The van der Waals surface area contributed by atoms with Crippen LogP contribution in [0, 0.1) is 6.92 Å². The van der Waals surface area contributed by atoms with Crippen molar-refractivity contribution in [2.75, 3.05) is 16.0 Å². The van der Waals surface area contributed by atoms with Crippen LogP contribution in [0.3, 0.4) is 0 Å². The van der Waals surface area contributed by atoms with E-state index in [1.54, 1.807) is 23.9 Å². The van der Waals surface area contributed by atoms with Gasteiger partial charge in [0.15, 0.2) is 0 Å². The summed E-state index contributed by atoms with van der Waals surface area (Å²) in [4.78, 5) is 26.9. The molecule has 4 nitrogen and oxygen atoms in total. The van der Waals surface area contributed by atoms with E-state index in [0.29, 0.717) is 27.0 Å². The first kappa shape index (κ1) is 20.8. The largest absolute Gasteiger partial charge is 0.322 e. The minimum atomic E-state index is -0.309. The summed E-state index contributed by atoms with van der Waals surface area (Å²) >= 11 is 13.6. The van der Waals surface area contributed by atoms with E-state index < -0.39 is 0 Å². The number of carbonyl (C=O) groups is 2. The van der Waals surface area contributed by atoms with Crippen molar-refractivity contribution in [1.82, 2.24) is 0 Å². The highest BCUT2D eigenvalue weighted by Gasteiger charge is 2.34. The molecule has 1 aliphatic heterocycles. The highest BCUT2D eigenvalue weighted by Crippen LogP contribution is 2.42. The van der Waals surface area contributed by atoms with Crippen molar-refractivity contribution in [3.8, 4) is 0 Å². The molecule has 3 aromatic rings. The molecule has 2 amide bonds. The number of anilines is 2. The van der Waals surface area contributed by atoms with Crippen LogP contribution in [-0.2, 0) is 4.79 Å². The van der Waals surface area contributed by atoms with Crippen molar-refractivity contribution in [2.24, 2.45) is 0 Å². The molecule has 7 heteroatoms. The Morgan fingerprint density at radius 1 is 1.07 bits per heavy atom. The zero-order valence-electron chi connectivity index (χ0n) is 16.1. The van der Waals surface area contributed by atoms with Crippen LogP contribution in [0.4, 0.5) is 11.4 Å². The maximum absolute atomic E-state index is 12.5. The lowest BCUT2D eigenvalue weighted by atomic mass is 10.1. The Balaban J connectivity index is 1.53. The summed E-state index contributed by atoms with van der Waals surface area (Å²) in [6.45, 7) is 2.01. The van der Waals surface area contributed by atoms with Gasteiger partial charge in [0, 0.05) is 16.4 Å². The summed E-state index contributed by atoms with van der Waals surface area (Å²) in [5.41, 5.74) is 3.99. The Morgan fingerprint density at radius 2 is 1.83 bits per heavy atom. The number of aryl methyl sites for hydroxylation is 1. The Morgan fingerprint density at radius 3 is 2.53 bits per heavy atom. The van der Waals surface area contributed by atoms with Crippen molar-refractivity contribution in [1.29, 1.82) is 0 Å². The number of hydrogen-bond donors (Lipinski definition) is 1. The van der Waals surface area contributed by atoms with Gasteiger partial charge in [0.25, 0.3) is 5.91 Å². The number of carbonyl (C=O) groups excluding carboxylic acids is 2. The number of amides is 2. The van der Waals surface area contributed by atoms with Gasteiger partial charge in [-0.15, -0.1) is 11.8 Å². The van der Waals surface area contributed by atoms with E-state index in [9.17, 15) is 9.59 Å². The second kappa shape index (κ2) is 8.72. The molecule has 1 heterocycles. The fourth-order valence-electron chi connectivity index (χ4n) is 3.33. The molecular formula is C23H18Cl2N2O2S. The summed E-state index contributed by atoms with van der Waals surface area (Å²) in [6.07, 6.45) is 0. The first-order chi connectivity index (χ1) is 14.4. The van der Waals surface area contributed by atoms with Crippen molar-refractivity contribution >= 4 is 58.2 Å². The van der Waals surface area contributed by atoms with Crippen LogP contribution in [0.2, 0.25) is 10.0 Å². The topological polar surface area (TPSA) is 49.4 Å². The molecule has 1 saturated heterocycles. The van der Waals surface area contributed by atoms with Crippen LogP contribution in [-0.4, -0.2) is 17.6 Å². The van der Waals surface area contributed by atoms with Crippen LogP contribution in [0.5, 0.6) is 0 Å². The van der Waals surface area contributed by atoms with Crippen LogP contribution >= 0.6 is 35.0 Å². The van der Waals surface area contributed by atoms with Gasteiger partial charge in [0.1, 0.15) is 5.37 Å². The number of nitrogens with zero attached hydrogens (tertiary/aromatic N) is 1. The Kier molecular flexibility index (Phi) is 6.04. The van der Waals surface area contributed by atoms with E-state index in [0.717, 1.165) is 16.8 Å². The van der Waals surface area contributed by atoms with Crippen LogP contribution in [0.15, 0.2) is 66.7 Å². The highest BCUT2D eigenvalue weighted by molar-refractivity contribution is 8.00. The van der Waals surface area contributed by atoms with Crippen LogP contribution < -0.4 is 10.2 Å². The van der Waals surface area contributed by atoms with Gasteiger partial charge in [0.2, 0.25) is 5.91 Å². The normalized spacial score (nSPS) is 16.0. The highest BCUT2D eigenvalue weighted by atomic mass is 35.5. The molecule has 3 aromatic carbocycles. The maximum atomic E-state index is 12.5. The van der Waals surface area contributed by atoms with Crippen LogP contribution in [0.1, 0.15) is 26.9 Å². The predicted octanol–water partition coefficient (Wildman–Crippen LogP) is 6.33. The van der Waals surface area contributed by atoms with Crippen molar-refractivity contribution in [3.05, 3.63) is 93.5 Å². The van der Waals surface area contributed by atoms with Gasteiger partial charge in [-0.05, 0) is 60.5 Å². The zero-order valence-corrected chi connectivity index (χ0v) is 18.4. The van der Waals surface area contributed by atoms with Gasteiger partial charge in [-0.25, -0.2) is 0 Å². The smallest absolute Gasteiger partial charge is 0.257 e. The number of hydrogen-bond acceptors (Lipinski definition) is 3. The van der Waals surface area contributed by atoms with E-state index in [1.807, 2.05) is 60.4 Å². The molecule has 152 valence electrons. The average molecular weight is 457 g/mol. The standard InChI is InChI=1S/C23H18Cl2N2O2S/c1-14-3-2-4-18(11-14)27-21(28)13-30-23(27)15-5-8-17(9-6-15)26-22(29)19-10-7-16(24)12-20(19)25/h2-12,23H,13H2,1H3,(H,26,29). The quantitative estimate of drug-likeness (QED) is 0.498. The van der Waals surface area contributed by atoms with E-state index >= 15 is 0 Å². The molecule has 4 rings (SSSR count). The number of benzene rings is 3. The molecule has 0 spiro atoms. The van der Waals surface area contributed by atoms with Gasteiger partial charge >= 0.3 is 0 Å². The van der Waals surface area contributed by atoms with Gasteiger partial charge < -0.3 is 5.32 Å².